The third-order valence-corrected chi connectivity index (χ3v) is 4.06. The molecule has 3 atom stereocenters. The molecule has 1 fully saturated rings. The standard InChI is InChI=1S/C15H20ClN3O3.ClH/c1-19-13(20)7-12(18-15(21)11(17)8-22-2)14(19)9-3-5-10(16)6-4-9;/h3-6,11-12,14H,7-8,17H2,1-2H3,(H,18,21);1H. The maximum absolute atomic E-state index is 12.1. The van der Waals surface area contributed by atoms with E-state index in [4.69, 9.17) is 22.1 Å². The van der Waals surface area contributed by atoms with Gasteiger partial charge in [-0.1, -0.05) is 23.7 Å². The summed E-state index contributed by atoms with van der Waals surface area (Å²) >= 11 is 5.90. The Labute approximate surface area is 146 Å². The summed E-state index contributed by atoms with van der Waals surface area (Å²) in [6.45, 7) is 0.133. The molecule has 1 aromatic carbocycles. The van der Waals surface area contributed by atoms with Crippen molar-refractivity contribution in [2.45, 2.75) is 24.5 Å². The van der Waals surface area contributed by atoms with E-state index < -0.39 is 6.04 Å². The number of carbonyl (C=O) groups excluding carboxylic acids is 2. The van der Waals surface area contributed by atoms with Crippen LogP contribution in [0.1, 0.15) is 18.0 Å². The zero-order chi connectivity index (χ0) is 16.3. The second kappa shape index (κ2) is 8.49. The molecule has 2 rings (SSSR count). The summed E-state index contributed by atoms with van der Waals surface area (Å²) in [5, 5.41) is 3.47. The van der Waals surface area contributed by atoms with Crippen LogP contribution in [0, 0.1) is 0 Å². The van der Waals surface area contributed by atoms with E-state index in [1.165, 1.54) is 7.11 Å². The number of rotatable bonds is 5. The molecule has 23 heavy (non-hydrogen) atoms. The fourth-order valence-corrected chi connectivity index (χ4v) is 2.79. The monoisotopic (exact) mass is 361 g/mol. The van der Waals surface area contributed by atoms with Crippen molar-refractivity contribution in [3.63, 3.8) is 0 Å². The van der Waals surface area contributed by atoms with Crippen LogP contribution in [-0.4, -0.2) is 49.6 Å². The lowest BCUT2D eigenvalue weighted by atomic mass is 10.00. The average Bonchev–Trinajstić information content (AvgIpc) is 2.75. The van der Waals surface area contributed by atoms with Gasteiger partial charge in [-0.05, 0) is 17.7 Å². The third kappa shape index (κ3) is 4.57. The molecular formula is C15H21Cl2N3O3. The summed E-state index contributed by atoms with van der Waals surface area (Å²) in [4.78, 5) is 25.7. The van der Waals surface area contributed by atoms with Crippen molar-refractivity contribution in [1.29, 1.82) is 0 Å². The molecule has 0 spiro atoms. The zero-order valence-electron chi connectivity index (χ0n) is 13.0. The number of hydrogen-bond acceptors (Lipinski definition) is 4. The minimum absolute atomic E-state index is 0. The highest BCUT2D eigenvalue weighted by Crippen LogP contribution is 2.32. The topological polar surface area (TPSA) is 84.7 Å². The van der Waals surface area contributed by atoms with Gasteiger partial charge in [0.25, 0.3) is 0 Å². The van der Waals surface area contributed by atoms with Gasteiger partial charge < -0.3 is 20.7 Å². The van der Waals surface area contributed by atoms with E-state index in [1.54, 1.807) is 24.1 Å². The first-order valence-electron chi connectivity index (χ1n) is 7.00. The van der Waals surface area contributed by atoms with Crippen molar-refractivity contribution in [3.8, 4) is 0 Å². The Hall–Kier alpha value is -1.34. The Morgan fingerprint density at radius 2 is 2.09 bits per heavy atom. The predicted octanol–water partition coefficient (Wildman–Crippen LogP) is 1.12. The van der Waals surface area contributed by atoms with Gasteiger partial charge in [0, 0.05) is 25.6 Å². The molecule has 0 aromatic heterocycles. The number of likely N-dealkylation sites (N-methyl/N-ethyl adjacent to an activating group) is 1. The third-order valence-electron chi connectivity index (χ3n) is 3.81. The number of methoxy groups -OCH3 is 1. The lowest BCUT2D eigenvalue weighted by Crippen LogP contribution is -2.48. The van der Waals surface area contributed by atoms with E-state index in [1.807, 2.05) is 12.1 Å². The van der Waals surface area contributed by atoms with Crippen LogP contribution < -0.4 is 11.1 Å². The lowest BCUT2D eigenvalue weighted by Gasteiger charge is -2.26. The highest BCUT2D eigenvalue weighted by molar-refractivity contribution is 6.30. The summed E-state index contributed by atoms with van der Waals surface area (Å²) in [7, 11) is 3.21. The van der Waals surface area contributed by atoms with Gasteiger partial charge >= 0.3 is 0 Å². The predicted molar refractivity (Wildman–Crippen MR) is 90.6 cm³/mol. The van der Waals surface area contributed by atoms with Crippen LogP contribution in [-0.2, 0) is 14.3 Å². The second-order valence-electron chi connectivity index (χ2n) is 5.38. The summed E-state index contributed by atoms with van der Waals surface area (Å²) < 4.78 is 4.88. The van der Waals surface area contributed by atoms with E-state index in [0.29, 0.717) is 5.02 Å². The number of hydrogen-bond donors (Lipinski definition) is 2. The maximum Gasteiger partial charge on any atom is 0.239 e. The van der Waals surface area contributed by atoms with E-state index >= 15 is 0 Å². The second-order valence-corrected chi connectivity index (χ2v) is 5.82. The fraction of sp³-hybridized carbons (Fsp3) is 0.467. The molecule has 6 nitrogen and oxygen atoms in total. The summed E-state index contributed by atoms with van der Waals surface area (Å²) in [5.41, 5.74) is 6.65. The van der Waals surface area contributed by atoms with Crippen LogP contribution in [0.2, 0.25) is 5.02 Å². The van der Waals surface area contributed by atoms with E-state index in [2.05, 4.69) is 5.32 Å². The highest BCUT2D eigenvalue weighted by atomic mass is 35.5. The van der Waals surface area contributed by atoms with Gasteiger partial charge in [-0.25, -0.2) is 0 Å². The van der Waals surface area contributed by atoms with Gasteiger partial charge in [-0.3, -0.25) is 9.59 Å². The zero-order valence-corrected chi connectivity index (χ0v) is 14.6. The number of ether oxygens (including phenoxy) is 1. The maximum atomic E-state index is 12.1. The Morgan fingerprint density at radius 1 is 1.48 bits per heavy atom. The van der Waals surface area contributed by atoms with Crippen molar-refractivity contribution >= 4 is 35.8 Å². The molecule has 0 radical (unpaired) electrons. The minimum atomic E-state index is -0.753. The van der Waals surface area contributed by atoms with Gasteiger partial charge in [0.15, 0.2) is 0 Å². The molecule has 1 aromatic rings. The first-order valence-corrected chi connectivity index (χ1v) is 7.38. The molecule has 1 aliphatic rings. The fourth-order valence-electron chi connectivity index (χ4n) is 2.66. The quantitative estimate of drug-likeness (QED) is 0.822. The molecule has 1 heterocycles. The summed E-state index contributed by atoms with van der Waals surface area (Å²) in [5.74, 6) is -0.348. The van der Waals surface area contributed by atoms with Crippen LogP contribution >= 0.6 is 24.0 Å². The van der Waals surface area contributed by atoms with Crippen LogP contribution in [0.5, 0.6) is 0 Å². The van der Waals surface area contributed by atoms with Gasteiger partial charge in [-0.2, -0.15) is 0 Å². The van der Waals surface area contributed by atoms with E-state index in [-0.39, 0.29) is 49.3 Å². The molecule has 0 bridgehead atoms. The molecule has 0 saturated carbocycles. The molecule has 3 unspecified atom stereocenters. The normalized spacial score (nSPS) is 21.7. The molecule has 0 aliphatic carbocycles. The molecule has 3 N–H and O–H groups in total. The Balaban J connectivity index is 0.00000264. The van der Waals surface area contributed by atoms with Gasteiger partial charge in [0.1, 0.15) is 6.04 Å². The summed E-state index contributed by atoms with van der Waals surface area (Å²) in [6.07, 6.45) is 0.245. The Bertz CT molecular complexity index is 553. The largest absolute Gasteiger partial charge is 0.383 e. The highest BCUT2D eigenvalue weighted by Gasteiger charge is 2.39. The average molecular weight is 362 g/mol. The van der Waals surface area contributed by atoms with Crippen molar-refractivity contribution in [2.24, 2.45) is 5.73 Å². The number of nitrogens with two attached hydrogens (primary N) is 1. The van der Waals surface area contributed by atoms with Crippen LogP contribution in [0.15, 0.2) is 24.3 Å². The van der Waals surface area contributed by atoms with Gasteiger partial charge in [0.2, 0.25) is 11.8 Å². The van der Waals surface area contributed by atoms with Crippen molar-refractivity contribution in [1.82, 2.24) is 10.2 Å². The Kier molecular flexibility index (Phi) is 7.28. The molecule has 1 aliphatic heterocycles. The lowest BCUT2D eigenvalue weighted by molar-refractivity contribution is -0.127. The first-order chi connectivity index (χ1) is 10.4. The molecule has 128 valence electrons. The molecule has 8 heteroatoms. The number of amides is 2. The molecule has 2 amide bonds. The number of halogens is 2. The SMILES string of the molecule is COCC(N)C(=O)NC1CC(=O)N(C)C1c1ccc(Cl)cc1.Cl. The summed E-state index contributed by atoms with van der Waals surface area (Å²) in [6, 6.07) is 5.94. The van der Waals surface area contributed by atoms with Crippen molar-refractivity contribution < 1.29 is 14.3 Å². The number of nitrogens with zero attached hydrogens (tertiary/aromatic N) is 1. The van der Waals surface area contributed by atoms with Gasteiger partial charge in [0.05, 0.1) is 18.7 Å². The number of benzene rings is 1. The molecule has 1 saturated heterocycles. The number of likely N-dealkylation sites (tertiary alicyclic amines) is 1. The minimum Gasteiger partial charge on any atom is -0.383 e. The number of carbonyl (C=O) groups is 2. The Morgan fingerprint density at radius 3 is 2.65 bits per heavy atom. The van der Waals surface area contributed by atoms with E-state index in [9.17, 15) is 9.59 Å². The van der Waals surface area contributed by atoms with Crippen LogP contribution in [0.4, 0.5) is 0 Å². The van der Waals surface area contributed by atoms with E-state index in [0.717, 1.165) is 5.56 Å². The van der Waals surface area contributed by atoms with Crippen LogP contribution in [0.3, 0.4) is 0 Å². The van der Waals surface area contributed by atoms with Gasteiger partial charge in [-0.15, -0.1) is 12.4 Å². The smallest absolute Gasteiger partial charge is 0.239 e. The number of nitrogens with one attached hydrogen (secondary N) is 1. The van der Waals surface area contributed by atoms with Crippen LogP contribution in [0.25, 0.3) is 0 Å². The van der Waals surface area contributed by atoms with Crippen molar-refractivity contribution in [2.75, 3.05) is 20.8 Å². The van der Waals surface area contributed by atoms with Crippen molar-refractivity contribution in [3.05, 3.63) is 34.9 Å². The first kappa shape index (κ1) is 19.7. The molecular weight excluding hydrogens is 341 g/mol.